The van der Waals surface area contributed by atoms with Gasteiger partial charge in [0.15, 0.2) is 0 Å². The van der Waals surface area contributed by atoms with Crippen molar-refractivity contribution in [2.24, 2.45) is 0 Å². The van der Waals surface area contributed by atoms with E-state index in [4.69, 9.17) is 0 Å². The van der Waals surface area contributed by atoms with E-state index in [9.17, 15) is 4.79 Å². The van der Waals surface area contributed by atoms with Gasteiger partial charge in [0, 0.05) is 36.8 Å². The largest absolute Gasteiger partial charge is 0.349 e. The lowest BCUT2D eigenvalue weighted by Gasteiger charge is -2.09. The number of carbonyl (C=O) groups excluding carboxylic acids is 1. The Labute approximate surface area is 108 Å². The normalized spacial score (nSPS) is 10.6. The quantitative estimate of drug-likeness (QED) is 0.790. The molecule has 1 amide bonds. The van der Waals surface area contributed by atoms with Gasteiger partial charge in [-0.15, -0.1) is 11.3 Å². The fourth-order valence-electron chi connectivity index (χ4n) is 1.54. The van der Waals surface area contributed by atoms with Gasteiger partial charge in [0.25, 0.3) is 0 Å². The maximum atomic E-state index is 11.3. The molecule has 17 heavy (non-hydrogen) atoms. The highest BCUT2D eigenvalue weighted by Crippen LogP contribution is 2.20. The Morgan fingerprint density at radius 2 is 2.12 bits per heavy atom. The summed E-state index contributed by atoms with van der Waals surface area (Å²) >= 11 is 1.85. The molecule has 0 aliphatic carbocycles. The molecule has 0 radical (unpaired) electrons. The molecule has 0 aromatic carbocycles. The van der Waals surface area contributed by atoms with E-state index >= 15 is 0 Å². The fraction of sp³-hybridized carbons (Fsp3) is 0.615. The molecular formula is C13H22N2OS. The minimum Gasteiger partial charge on any atom is -0.349 e. The summed E-state index contributed by atoms with van der Waals surface area (Å²) in [7, 11) is 3.60. The first kappa shape index (κ1) is 14.2. The monoisotopic (exact) mass is 254 g/mol. The minimum atomic E-state index is 0.203. The van der Waals surface area contributed by atoms with E-state index in [-0.39, 0.29) is 5.91 Å². The van der Waals surface area contributed by atoms with Crippen molar-refractivity contribution in [3.05, 3.63) is 21.4 Å². The zero-order chi connectivity index (χ0) is 12.8. The average Bonchev–Trinajstić information content (AvgIpc) is 2.57. The smallest absolute Gasteiger partial charge is 0.222 e. The van der Waals surface area contributed by atoms with Crippen LogP contribution in [0.2, 0.25) is 0 Å². The summed E-state index contributed by atoms with van der Waals surface area (Å²) in [5.41, 5.74) is 1.37. The third-order valence-corrected chi connectivity index (χ3v) is 3.91. The van der Waals surface area contributed by atoms with Crippen LogP contribution < -0.4 is 5.32 Å². The van der Waals surface area contributed by atoms with Crippen LogP contribution in [0.1, 0.15) is 28.2 Å². The van der Waals surface area contributed by atoms with Crippen LogP contribution >= 0.6 is 11.3 Å². The second kappa shape index (κ2) is 6.77. The van der Waals surface area contributed by atoms with Gasteiger partial charge in [-0.25, -0.2) is 0 Å². The van der Waals surface area contributed by atoms with Gasteiger partial charge < -0.3 is 10.2 Å². The molecule has 0 bridgehead atoms. The Balaban J connectivity index is 2.14. The van der Waals surface area contributed by atoms with Crippen LogP contribution in [-0.4, -0.2) is 31.4 Å². The molecule has 0 atom stereocenters. The molecule has 4 heteroatoms. The van der Waals surface area contributed by atoms with Crippen molar-refractivity contribution in [3.63, 3.8) is 0 Å². The lowest BCUT2D eigenvalue weighted by atomic mass is 10.2. The second-order valence-electron chi connectivity index (χ2n) is 4.52. The molecule has 0 saturated carbocycles. The number of nitrogens with zero attached hydrogens (tertiary/aromatic N) is 1. The summed E-state index contributed by atoms with van der Waals surface area (Å²) in [6, 6.07) is 2.23. The molecule has 1 heterocycles. The zero-order valence-electron chi connectivity index (χ0n) is 11.2. The zero-order valence-corrected chi connectivity index (χ0v) is 12.0. The number of carbonyl (C=O) groups is 1. The van der Waals surface area contributed by atoms with Gasteiger partial charge in [-0.1, -0.05) is 0 Å². The Kier molecular flexibility index (Phi) is 5.65. The summed E-state index contributed by atoms with van der Waals surface area (Å²) in [6.07, 6.45) is 1.53. The first-order valence-electron chi connectivity index (χ1n) is 5.97. The van der Waals surface area contributed by atoms with E-state index < -0.39 is 0 Å². The lowest BCUT2D eigenvalue weighted by Crippen LogP contribution is -2.23. The van der Waals surface area contributed by atoms with Crippen LogP contribution in [0.5, 0.6) is 0 Å². The Bertz CT molecular complexity index is 352. The van der Waals surface area contributed by atoms with Crippen LogP contribution in [-0.2, 0) is 11.3 Å². The van der Waals surface area contributed by atoms with E-state index in [0.29, 0.717) is 6.42 Å². The molecule has 0 spiro atoms. The van der Waals surface area contributed by atoms with Gasteiger partial charge in [-0.05, 0) is 38.4 Å². The standard InChI is InChI=1S/C13H22N2OS/c1-10-8-12(17-11(10)2)9-14-7-5-6-13(16)15(3)4/h8,14H,5-7,9H2,1-4H3. The summed E-state index contributed by atoms with van der Waals surface area (Å²) in [4.78, 5) is 15.7. The Morgan fingerprint density at radius 1 is 1.41 bits per heavy atom. The van der Waals surface area contributed by atoms with Gasteiger partial charge in [-0.2, -0.15) is 0 Å². The topological polar surface area (TPSA) is 32.3 Å². The third-order valence-electron chi connectivity index (χ3n) is 2.76. The highest BCUT2D eigenvalue weighted by Gasteiger charge is 2.03. The van der Waals surface area contributed by atoms with Crippen LogP contribution in [0.15, 0.2) is 6.07 Å². The van der Waals surface area contributed by atoms with Crippen LogP contribution in [0, 0.1) is 13.8 Å². The molecule has 0 aliphatic rings. The van der Waals surface area contributed by atoms with Gasteiger partial charge in [0.2, 0.25) is 5.91 Å². The SMILES string of the molecule is Cc1cc(CNCCCC(=O)N(C)C)sc1C. The molecule has 0 fully saturated rings. The lowest BCUT2D eigenvalue weighted by molar-refractivity contribution is -0.128. The highest BCUT2D eigenvalue weighted by atomic mass is 32.1. The van der Waals surface area contributed by atoms with E-state index in [0.717, 1.165) is 19.5 Å². The molecule has 1 rings (SSSR count). The summed E-state index contributed by atoms with van der Waals surface area (Å²) in [5.74, 6) is 0.203. The van der Waals surface area contributed by atoms with Crippen LogP contribution in [0.3, 0.4) is 0 Å². The predicted octanol–water partition coefficient (Wildman–Crippen LogP) is 2.32. The molecule has 1 aromatic heterocycles. The maximum absolute atomic E-state index is 11.3. The van der Waals surface area contributed by atoms with E-state index in [1.54, 1.807) is 19.0 Å². The molecule has 0 aliphatic heterocycles. The molecule has 1 N–H and O–H groups in total. The van der Waals surface area contributed by atoms with Crippen molar-refractivity contribution in [1.82, 2.24) is 10.2 Å². The fourth-order valence-corrected chi connectivity index (χ4v) is 2.56. The van der Waals surface area contributed by atoms with E-state index in [1.165, 1.54) is 15.3 Å². The Hall–Kier alpha value is -0.870. The summed E-state index contributed by atoms with van der Waals surface area (Å²) < 4.78 is 0. The van der Waals surface area contributed by atoms with Crippen molar-refractivity contribution in [1.29, 1.82) is 0 Å². The molecule has 0 unspecified atom stereocenters. The molecule has 1 aromatic rings. The van der Waals surface area contributed by atoms with Crippen LogP contribution in [0.25, 0.3) is 0 Å². The first-order chi connectivity index (χ1) is 8.00. The number of rotatable bonds is 6. The predicted molar refractivity (Wildman–Crippen MR) is 73.4 cm³/mol. The van der Waals surface area contributed by atoms with Gasteiger partial charge in [-0.3, -0.25) is 4.79 Å². The molecular weight excluding hydrogens is 232 g/mol. The number of hydrogen-bond donors (Lipinski definition) is 1. The number of hydrogen-bond acceptors (Lipinski definition) is 3. The molecule has 0 saturated heterocycles. The number of thiophene rings is 1. The van der Waals surface area contributed by atoms with Gasteiger partial charge in [0.1, 0.15) is 0 Å². The Morgan fingerprint density at radius 3 is 2.65 bits per heavy atom. The van der Waals surface area contributed by atoms with Crippen LogP contribution in [0.4, 0.5) is 0 Å². The summed E-state index contributed by atoms with van der Waals surface area (Å²) in [5, 5.41) is 3.38. The average molecular weight is 254 g/mol. The number of aryl methyl sites for hydroxylation is 2. The van der Waals surface area contributed by atoms with Crippen molar-refractivity contribution in [2.45, 2.75) is 33.2 Å². The van der Waals surface area contributed by atoms with Gasteiger partial charge in [0.05, 0.1) is 0 Å². The molecule has 96 valence electrons. The van der Waals surface area contributed by atoms with Crippen molar-refractivity contribution < 1.29 is 4.79 Å². The van der Waals surface area contributed by atoms with Crippen molar-refractivity contribution >= 4 is 17.2 Å². The minimum absolute atomic E-state index is 0.203. The molecule has 3 nitrogen and oxygen atoms in total. The number of amides is 1. The summed E-state index contributed by atoms with van der Waals surface area (Å²) in [6.45, 7) is 6.11. The van der Waals surface area contributed by atoms with Crippen molar-refractivity contribution in [2.75, 3.05) is 20.6 Å². The van der Waals surface area contributed by atoms with Gasteiger partial charge >= 0.3 is 0 Å². The maximum Gasteiger partial charge on any atom is 0.222 e. The van der Waals surface area contributed by atoms with Crippen molar-refractivity contribution in [3.8, 4) is 0 Å². The number of nitrogens with one attached hydrogen (secondary N) is 1. The third kappa shape index (κ3) is 4.88. The first-order valence-corrected chi connectivity index (χ1v) is 6.79. The second-order valence-corrected chi connectivity index (χ2v) is 5.86. The highest BCUT2D eigenvalue weighted by molar-refractivity contribution is 7.12. The van der Waals surface area contributed by atoms with E-state index in [1.807, 2.05) is 11.3 Å². The van der Waals surface area contributed by atoms with E-state index in [2.05, 4.69) is 25.2 Å².